The topological polar surface area (TPSA) is 81.9 Å². The SMILES string of the molecule is COc1cc2c(cc1OC)[C@H]1Cc3c(cnc4ncnn34)C(=O)N1CC2. The highest BCUT2D eigenvalue weighted by Crippen LogP contribution is 2.42. The molecule has 1 atom stereocenters. The Morgan fingerprint density at radius 1 is 1.15 bits per heavy atom. The minimum Gasteiger partial charge on any atom is -0.493 e. The molecule has 2 aliphatic rings. The van der Waals surface area contributed by atoms with Crippen LogP contribution in [0.25, 0.3) is 5.78 Å². The van der Waals surface area contributed by atoms with Gasteiger partial charge in [-0.3, -0.25) is 4.79 Å². The van der Waals surface area contributed by atoms with Gasteiger partial charge in [0.1, 0.15) is 6.33 Å². The van der Waals surface area contributed by atoms with E-state index in [0.29, 0.717) is 35.8 Å². The summed E-state index contributed by atoms with van der Waals surface area (Å²) in [6.07, 6.45) is 4.52. The number of benzene rings is 1. The lowest BCUT2D eigenvalue weighted by Crippen LogP contribution is -2.45. The number of aromatic nitrogens is 4. The van der Waals surface area contributed by atoms with Gasteiger partial charge in [-0.15, -0.1) is 0 Å². The van der Waals surface area contributed by atoms with Crippen LogP contribution in [-0.4, -0.2) is 51.2 Å². The molecule has 0 saturated carbocycles. The van der Waals surface area contributed by atoms with Crippen LogP contribution in [-0.2, 0) is 12.8 Å². The van der Waals surface area contributed by atoms with Crippen molar-refractivity contribution < 1.29 is 14.3 Å². The second-order valence-corrected chi connectivity index (χ2v) is 6.46. The zero-order chi connectivity index (χ0) is 17.8. The molecule has 2 aliphatic heterocycles. The first-order valence-electron chi connectivity index (χ1n) is 8.44. The van der Waals surface area contributed by atoms with Crippen LogP contribution in [0.3, 0.4) is 0 Å². The van der Waals surface area contributed by atoms with E-state index in [1.165, 1.54) is 11.9 Å². The number of carbonyl (C=O) groups is 1. The standard InChI is InChI=1S/C18H17N5O3/c1-25-15-5-10-3-4-22-13(11(10)6-16(15)26-2)7-14-12(17(22)24)8-19-18-20-9-21-23(14)18/h5-6,8-9,13H,3-4,7H2,1-2H3/t13-/m1/s1. The average molecular weight is 351 g/mol. The Hall–Kier alpha value is -3.16. The van der Waals surface area contributed by atoms with E-state index in [0.717, 1.165) is 17.7 Å². The van der Waals surface area contributed by atoms with Gasteiger partial charge in [0.2, 0.25) is 0 Å². The van der Waals surface area contributed by atoms with Crippen LogP contribution in [0.4, 0.5) is 0 Å². The largest absolute Gasteiger partial charge is 0.493 e. The van der Waals surface area contributed by atoms with Gasteiger partial charge in [0.15, 0.2) is 11.5 Å². The molecule has 0 spiro atoms. The van der Waals surface area contributed by atoms with Gasteiger partial charge in [0, 0.05) is 19.2 Å². The molecule has 0 N–H and O–H groups in total. The van der Waals surface area contributed by atoms with Gasteiger partial charge in [-0.2, -0.15) is 10.1 Å². The zero-order valence-electron chi connectivity index (χ0n) is 14.5. The molecule has 0 unspecified atom stereocenters. The minimum absolute atomic E-state index is 0.0124. The number of ether oxygens (including phenoxy) is 2. The third kappa shape index (κ3) is 1.95. The van der Waals surface area contributed by atoms with Crippen molar-refractivity contribution in [1.29, 1.82) is 0 Å². The maximum atomic E-state index is 13.1. The summed E-state index contributed by atoms with van der Waals surface area (Å²) in [6, 6.07) is 3.94. The van der Waals surface area contributed by atoms with Gasteiger partial charge in [-0.1, -0.05) is 0 Å². The zero-order valence-corrected chi connectivity index (χ0v) is 14.5. The number of carbonyl (C=O) groups excluding carboxylic acids is 1. The highest BCUT2D eigenvalue weighted by atomic mass is 16.5. The van der Waals surface area contributed by atoms with Crippen LogP contribution in [0.2, 0.25) is 0 Å². The van der Waals surface area contributed by atoms with E-state index < -0.39 is 0 Å². The molecule has 0 bridgehead atoms. The van der Waals surface area contributed by atoms with Gasteiger partial charge in [0.05, 0.1) is 31.5 Å². The Morgan fingerprint density at radius 2 is 1.96 bits per heavy atom. The molecule has 8 nitrogen and oxygen atoms in total. The number of fused-ring (bicyclic) bond motifs is 6. The molecular weight excluding hydrogens is 334 g/mol. The third-order valence-corrected chi connectivity index (χ3v) is 5.29. The van der Waals surface area contributed by atoms with Crippen LogP contribution in [0.1, 0.15) is 33.2 Å². The summed E-state index contributed by atoms with van der Waals surface area (Å²) in [6.45, 7) is 0.667. The van der Waals surface area contributed by atoms with E-state index in [1.807, 2.05) is 17.0 Å². The van der Waals surface area contributed by atoms with E-state index in [-0.39, 0.29) is 11.9 Å². The van der Waals surface area contributed by atoms with Crippen molar-refractivity contribution in [2.45, 2.75) is 18.9 Å². The molecule has 1 aromatic carbocycles. The lowest BCUT2D eigenvalue weighted by Gasteiger charge is -2.41. The lowest BCUT2D eigenvalue weighted by molar-refractivity contribution is 0.0626. The van der Waals surface area contributed by atoms with Crippen LogP contribution < -0.4 is 9.47 Å². The van der Waals surface area contributed by atoms with Crippen molar-refractivity contribution in [3.63, 3.8) is 0 Å². The highest BCUT2D eigenvalue weighted by molar-refractivity contribution is 5.97. The summed E-state index contributed by atoms with van der Waals surface area (Å²) in [5.41, 5.74) is 3.73. The molecule has 0 fully saturated rings. The summed E-state index contributed by atoms with van der Waals surface area (Å²) in [7, 11) is 3.25. The number of amides is 1. The monoisotopic (exact) mass is 351 g/mol. The summed E-state index contributed by atoms with van der Waals surface area (Å²) in [4.78, 5) is 23.4. The lowest BCUT2D eigenvalue weighted by atomic mass is 9.85. The molecule has 8 heteroatoms. The van der Waals surface area contributed by atoms with Crippen molar-refractivity contribution >= 4 is 11.7 Å². The van der Waals surface area contributed by atoms with Crippen molar-refractivity contribution in [2.24, 2.45) is 0 Å². The summed E-state index contributed by atoms with van der Waals surface area (Å²) < 4.78 is 12.6. The predicted molar refractivity (Wildman–Crippen MR) is 91.5 cm³/mol. The number of hydrogen-bond donors (Lipinski definition) is 0. The fourth-order valence-electron chi connectivity index (χ4n) is 4.03. The predicted octanol–water partition coefficient (Wildman–Crippen LogP) is 1.44. The first kappa shape index (κ1) is 15.1. The maximum Gasteiger partial charge on any atom is 0.257 e. The fraction of sp³-hybridized carbons (Fsp3) is 0.333. The van der Waals surface area contributed by atoms with E-state index in [1.54, 1.807) is 24.9 Å². The van der Waals surface area contributed by atoms with Gasteiger partial charge in [-0.05, 0) is 29.7 Å². The van der Waals surface area contributed by atoms with E-state index in [2.05, 4.69) is 15.1 Å². The third-order valence-electron chi connectivity index (χ3n) is 5.29. The maximum absolute atomic E-state index is 13.1. The van der Waals surface area contributed by atoms with Crippen LogP contribution in [0.5, 0.6) is 11.5 Å². The Kier molecular flexibility index (Phi) is 3.15. The molecule has 26 heavy (non-hydrogen) atoms. The first-order valence-corrected chi connectivity index (χ1v) is 8.44. The van der Waals surface area contributed by atoms with Crippen molar-refractivity contribution in [3.8, 4) is 11.5 Å². The molecule has 0 radical (unpaired) electrons. The fourth-order valence-corrected chi connectivity index (χ4v) is 4.03. The Morgan fingerprint density at radius 3 is 2.77 bits per heavy atom. The summed E-state index contributed by atoms with van der Waals surface area (Å²) in [5, 5.41) is 4.25. The van der Waals surface area contributed by atoms with Gasteiger partial charge >= 0.3 is 0 Å². The summed E-state index contributed by atoms with van der Waals surface area (Å²) in [5.74, 6) is 1.88. The number of nitrogens with zero attached hydrogens (tertiary/aromatic N) is 5. The van der Waals surface area contributed by atoms with Crippen molar-refractivity contribution in [3.05, 3.63) is 47.0 Å². The van der Waals surface area contributed by atoms with E-state index >= 15 is 0 Å². The summed E-state index contributed by atoms with van der Waals surface area (Å²) >= 11 is 0. The van der Waals surface area contributed by atoms with Gasteiger partial charge in [-0.25, -0.2) is 9.50 Å². The van der Waals surface area contributed by atoms with Gasteiger partial charge in [0.25, 0.3) is 11.7 Å². The Bertz CT molecular complexity index is 1040. The number of methoxy groups -OCH3 is 2. The van der Waals surface area contributed by atoms with E-state index in [9.17, 15) is 4.79 Å². The average Bonchev–Trinajstić information content (AvgIpc) is 3.16. The normalized spacial score (nSPS) is 18.3. The van der Waals surface area contributed by atoms with Gasteiger partial charge < -0.3 is 14.4 Å². The van der Waals surface area contributed by atoms with Crippen LogP contribution in [0.15, 0.2) is 24.7 Å². The second-order valence-electron chi connectivity index (χ2n) is 6.46. The number of rotatable bonds is 2. The molecule has 132 valence electrons. The number of hydrogen-bond acceptors (Lipinski definition) is 6. The first-order chi connectivity index (χ1) is 12.7. The molecule has 5 rings (SSSR count). The second kappa shape index (κ2) is 5.42. The minimum atomic E-state index is -0.0617. The molecule has 4 heterocycles. The highest BCUT2D eigenvalue weighted by Gasteiger charge is 2.39. The van der Waals surface area contributed by atoms with Crippen molar-refractivity contribution in [1.82, 2.24) is 24.5 Å². The van der Waals surface area contributed by atoms with Crippen LogP contribution in [0, 0.1) is 0 Å². The molecule has 0 aliphatic carbocycles. The quantitative estimate of drug-likeness (QED) is 0.695. The Labute approximate surface area is 149 Å². The molecule has 1 amide bonds. The Balaban J connectivity index is 1.68. The molecule has 0 saturated heterocycles. The van der Waals surface area contributed by atoms with E-state index in [4.69, 9.17) is 9.47 Å². The molecular formula is C18H17N5O3. The van der Waals surface area contributed by atoms with Crippen molar-refractivity contribution in [2.75, 3.05) is 20.8 Å². The smallest absolute Gasteiger partial charge is 0.257 e. The molecule has 3 aromatic rings. The molecule has 2 aromatic heterocycles. The van der Waals surface area contributed by atoms with Crippen LogP contribution >= 0.6 is 0 Å².